The number of rotatable bonds is 3. The molecule has 0 saturated carbocycles. The molecule has 1 atom stereocenters. The van der Waals surface area contributed by atoms with E-state index < -0.39 is 0 Å². The summed E-state index contributed by atoms with van der Waals surface area (Å²) in [5, 5.41) is 6.59. The summed E-state index contributed by atoms with van der Waals surface area (Å²) in [5.41, 5.74) is 0. The van der Waals surface area contributed by atoms with Gasteiger partial charge in [-0.1, -0.05) is 0 Å². The molecule has 1 saturated heterocycles. The number of hydrogen-bond donors (Lipinski definition) is 2. The highest BCUT2D eigenvalue weighted by atomic mass is 16.5. The van der Waals surface area contributed by atoms with Gasteiger partial charge in [-0.3, -0.25) is 4.79 Å². The average Bonchev–Trinajstić information content (AvgIpc) is 2.16. The van der Waals surface area contributed by atoms with Crippen molar-refractivity contribution in [3.8, 4) is 0 Å². The van der Waals surface area contributed by atoms with Crippen molar-refractivity contribution in [1.82, 2.24) is 10.6 Å². The molecule has 0 aromatic carbocycles. The van der Waals surface area contributed by atoms with Gasteiger partial charge in [0.05, 0.1) is 7.11 Å². The molecule has 0 aliphatic carbocycles. The summed E-state index contributed by atoms with van der Waals surface area (Å²) in [6.07, 6.45) is 1.37. The second-order valence-corrected chi connectivity index (χ2v) is 2.97. The fourth-order valence-electron chi connectivity index (χ4n) is 1.31. The molecule has 0 radical (unpaired) electrons. The van der Waals surface area contributed by atoms with Crippen LogP contribution in [0.4, 0.5) is 0 Å². The summed E-state index contributed by atoms with van der Waals surface area (Å²) in [5.74, 6) is -0.123. The lowest BCUT2D eigenvalue weighted by atomic mass is 10.1. The van der Waals surface area contributed by atoms with E-state index in [9.17, 15) is 4.79 Å². The van der Waals surface area contributed by atoms with Gasteiger partial charge in [-0.05, 0) is 6.42 Å². The van der Waals surface area contributed by atoms with Crippen molar-refractivity contribution in [2.75, 3.05) is 26.7 Å². The first-order chi connectivity index (χ1) is 5.83. The Morgan fingerprint density at radius 2 is 2.42 bits per heavy atom. The van der Waals surface area contributed by atoms with Gasteiger partial charge in [-0.2, -0.15) is 0 Å². The van der Waals surface area contributed by atoms with E-state index in [0.29, 0.717) is 12.5 Å². The molecule has 1 aliphatic heterocycles. The number of esters is 1. The van der Waals surface area contributed by atoms with Crippen molar-refractivity contribution >= 4 is 5.97 Å². The zero-order valence-electron chi connectivity index (χ0n) is 7.43. The first kappa shape index (κ1) is 9.48. The summed E-state index contributed by atoms with van der Waals surface area (Å²) in [6.45, 7) is 2.97. The summed E-state index contributed by atoms with van der Waals surface area (Å²) < 4.78 is 4.55. The average molecular weight is 172 g/mol. The maximum absolute atomic E-state index is 10.8. The van der Waals surface area contributed by atoms with Gasteiger partial charge in [-0.25, -0.2) is 0 Å². The van der Waals surface area contributed by atoms with Gasteiger partial charge >= 0.3 is 5.97 Å². The molecule has 4 nitrogen and oxygen atoms in total. The summed E-state index contributed by atoms with van der Waals surface area (Å²) >= 11 is 0. The van der Waals surface area contributed by atoms with Crippen LogP contribution in [0.25, 0.3) is 0 Å². The van der Waals surface area contributed by atoms with E-state index >= 15 is 0 Å². The van der Waals surface area contributed by atoms with Crippen molar-refractivity contribution in [3.63, 3.8) is 0 Å². The maximum atomic E-state index is 10.8. The largest absolute Gasteiger partial charge is 0.469 e. The fourth-order valence-corrected chi connectivity index (χ4v) is 1.31. The molecule has 0 unspecified atom stereocenters. The smallest absolute Gasteiger partial charge is 0.305 e. The van der Waals surface area contributed by atoms with Crippen molar-refractivity contribution < 1.29 is 9.53 Å². The number of carbonyl (C=O) groups is 1. The Balaban J connectivity index is 2.09. The van der Waals surface area contributed by atoms with Crippen LogP contribution in [0, 0.1) is 0 Å². The van der Waals surface area contributed by atoms with Crippen LogP contribution in [0.2, 0.25) is 0 Å². The maximum Gasteiger partial charge on any atom is 0.305 e. The van der Waals surface area contributed by atoms with Gasteiger partial charge in [0, 0.05) is 32.1 Å². The fraction of sp³-hybridized carbons (Fsp3) is 0.875. The minimum absolute atomic E-state index is 0.123. The van der Waals surface area contributed by atoms with Crippen molar-refractivity contribution in [2.24, 2.45) is 0 Å². The molecule has 2 N–H and O–H groups in total. The predicted octanol–water partition coefficient (Wildman–Crippen LogP) is -0.499. The molecule has 1 aliphatic rings. The van der Waals surface area contributed by atoms with Crippen LogP contribution in [0.5, 0.6) is 0 Å². The quantitative estimate of drug-likeness (QED) is 0.564. The van der Waals surface area contributed by atoms with Crippen molar-refractivity contribution in [1.29, 1.82) is 0 Å². The van der Waals surface area contributed by atoms with Crippen LogP contribution in [-0.4, -0.2) is 38.8 Å². The number of hydrogen-bond acceptors (Lipinski definition) is 4. The molecule has 0 bridgehead atoms. The van der Waals surface area contributed by atoms with Crippen LogP contribution in [-0.2, 0) is 9.53 Å². The minimum atomic E-state index is -0.123. The second-order valence-electron chi connectivity index (χ2n) is 2.97. The Morgan fingerprint density at radius 3 is 3.00 bits per heavy atom. The lowest BCUT2D eigenvalue weighted by Gasteiger charge is -2.23. The van der Waals surface area contributed by atoms with E-state index in [-0.39, 0.29) is 5.97 Å². The molecule has 0 aromatic heterocycles. The Labute approximate surface area is 72.7 Å². The van der Waals surface area contributed by atoms with E-state index in [1.54, 1.807) is 0 Å². The number of piperazine rings is 1. The Kier molecular flexibility index (Phi) is 4.04. The molecule has 1 fully saturated rings. The summed E-state index contributed by atoms with van der Waals surface area (Å²) in [6, 6.07) is 0.429. The SMILES string of the molecule is COC(=O)CC[C@@H]1CNCCN1. The lowest BCUT2D eigenvalue weighted by molar-refractivity contribution is -0.140. The molecular weight excluding hydrogens is 156 g/mol. The molecule has 1 rings (SSSR count). The molecule has 0 amide bonds. The van der Waals surface area contributed by atoms with Crippen LogP contribution in [0.15, 0.2) is 0 Å². The van der Waals surface area contributed by atoms with Gasteiger partial charge < -0.3 is 15.4 Å². The zero-order valence-corrected chi connectivity index (χ0v) is 7.43. The third-order valence-electron chi connectivity index (χ3n) is 2.05. The lowest BCUT2D eigenvalue weighted by Crippen LogP contribution is -2.48. The highest BCUT2D eigenvalue weighted by molar-refractivity contribution is 5.69. The van der Waals surface area contributed by atoms with Crippen LogP contribution in [0.1, 0.15) is 12.8 Å². The monoisotopic (exact) mass is 172 g/mol. The number of nitrogens with one attached hydrogen (secondary N) is 2. The molecule has 4 heteroatoms. The van der Waals surface area contributed by atoms with Gasteiger partial charge in [0.1, 0.15) is 0 Å². The normalized spacial score (nSPS) is 23.6. The first-order valence-corrected chi connectivity index (χ1v) is 4.34. The number of ether oxygens (including phenoxy) is 1. The van der Waals surface area contributed by atoms with Gasteiger partial charge in [-0.15, -0.1) is 0 Å². The summed E-state index contributed by atoms with van der Waals surface area (Å²) in [7, 11) is 1.43. The first-order valence-electron chi connectivity index (χ1n) is 4.34. The van der Waals surface area contributed by atoms with Crippen LogP contribution >= 0.6 is 0 Å². The third kappa shape index (κ3) is 3.19. The van der Waals surface area contributed by atoms with Crippen LogP contribution in [0.3, 0.4) is 0 Å². The second kappa shape index (κ2) is 5.11. The highest BCUT2D eigenvalue weighted by Crippen LogP contribution is 1.99. The van der Waals surface area contributed by atoms with E-state index in [4.69, 9.17) is 0 Å². The van der Waals surface area contributed by atoms with E-state index in [0.717, 1.165) is 26.1 Å². The van der Waals surface area contributed by atoms with Gasteiger partial charge in [0.15, 0.2) is 0 Å². The minimum Gasteiger partial charge on any atom is -0.469 e. The topological polar surface area (TPSA) is 50.4 Å². The molecule has 12 heavy (non-hydrogen) atoms. The molecule has 70 valence electrons. The third-order valence-corrected chi connectivity index (χ3v) is 2.05. The molecule has 0 spiro atoms. The van der Waals surface area contributed by atoms with Gasteiger partial charge in [0.2, 0.25) is 0 Å². The van der Waals surface area contributed by atoms with Crippen molar-refractivity contribution in [3.05, 3.63) is 0 Å². The summed E-state index contributed by atoms with van der Waals surface area (Å²) in [4.78, 5) is 10.8. The van der Waals surface area contributed by atoms with Crippen LogP contribution < -0.4 is 10.6 Å². The zero-order chi connectivity index (χ0) is 8.81. The highest BCUT2D eigenvalue weighted by Gasteiger charge is 2.13. The molecule has 0 aromatic rings. The predicted molar refractivity (Wildman–Crippen MR) is 45.9 cm³/mol. The van der Waals surface area contributed by atoms with E-state index in [1.807, 2.05) is 0 Å². The van der Waals surface area contributed by atoms with E-state index in [1.165, 1.54) is 7.11 Å². The Morgan fingerprint density at radius 1 is 1.58 bits per heavy atom. The van der Waals surface area contributed by atoms with Crippen molar-refractivity contribution in [2.45, 2.75) is 18.9 Å². The Bertz CT molecular complexity index is 144. The molecule has 1 heterocycles. The Hall–Kier alpha value is -0.610. The van der Waals surface area contributed by atoms with Gasteiger partial charge in [0.25, 0.3) is 0 Å². The molecular formula is C8H16N2O2. The number of methoxy groups -OCH3 is 1. The van der Waals surface area contributed by atoms with E-state index in [2.05, 4.69) is 15.4 Å². The standard InChI is InChI=1S/C8H16N2O2/c1-12-8(11)3-2-7-6-9-4-5-10-7/h7,9-10H,2-6H2,1H3/t7-/m1/s1. The number of carbonyl (C=O) groups excluding carboxylic acids is 1.